The van der Waals surface area contributed by atoms with Crippen molar-refractivity contribution in [2.24, 2.45) is 11.3 Å². The molecule has 0 heterocycles. The third-order valence-corrected chi connectivity index (χ3v) is 3.95. The largest absolute Gasteiger partial charge is 0.393 e. The molecule has 2 aliphatic rings. The van der Waals surface area contributed by atoms with Crippen molar-refractivity contribution in [3.63, 3.8) is 0 Å². The molecule has 0 amide bonds. The molecule has 80 valence electrons. The first kappa shape index (κ1) is 10.2. The minimum Gasteiger partial charge on any atom is -0.393 e. The van der Waals surface area contributed by atoms with Gasteiger partial charge in [0.25, 0.3) is 0 Å². The molecule has 0 spiro atoms. The molecule has 0 aromatic heterocycles. The Bertz CT molecular complexity index is 258. The quantitative estimate of drug-likeness (QED) is 0.587. The van der Waals surface area contributed by atoms with Gasteiger partial charge in [0.2, 0.25) is 0 Å². The SMILES string of the molecule is C[C@@H]1CCC2=C(CC(O)CC2(C)C)C1. The Balaban J connectivity index is 2.30. The fourth-order valence-corrected chi connectivity index (χ4v) is 3.31. The molecule has 2 rings (SSSR count). The molecule has 0 saturated carbocycles. The van der Waals surface area contributed by atoms with E-state index in [2.05, 4.69) is 20.8 Å². The lowest BCUT2D eigenvalue weighted by atomic mass is 9.65. The zero-order chi connectivity index (χ0) is 10.3. The Labute approximate surface area is 87.2 Å². The Kier molecular flexibility index (Phi) is 2.46. The van der Waals surface area contributed by atoms with Crippen LogP contribution in [0, 0.1) is 11.3 Å². The summed E-state index contributed by atoms with van der Waals surface area (Å²) in [5.41, 5.74) is 3.50. The number of rotatable bonds is 0. The lowest BCUT2D eigenvalue weighted by Crippen LogP contribution is -2.32. The molecule has 1 unspecified atom stereocenters. The number of aliphatic hydroxyl groups excluding tert-OH is 1. The summed E-state index contributed by atoms with van der Waals surface area (Å²) in [4.78, 5) is 0. The van der Waals surface area contributed by atoms with Crippen LogP contribution in [-0.2, 0) is 0 Å². The van der Waals surface area contributed by atoms with Crippen LogP contribution in [0.5, 0.6) is 0 Å². The first-order valence-electron chi connectivity index (χ1n) is 5.88. The molecule has 0 radical (unpaired) electrons. The van der Waals surface area contributed by atoms with Crippen molar-refractivity contribution >= 4 is 0 Å². The summed E-state index contributed by atoms with van der Waals surface area (Å²) in [6, 6.07) is 0. The summed E-state index contributed by atoms with van der Waals surface area (Å²) in [6.45, 7) is 6.92. The van der Waals surface area contributed by atoms with E-state index in [-0.39, 0.29) is 11.5 Å². The van der Waals surface area contributed by atoms with Crippen LogP contribution in [0.1, 0.15) is 52.9 Å². The van der Waals surface area contributed by atoms with E-state index in [1.165, 1.54) is 19.3 Å². The van der Waals surface area contributed by atoms with Crippen molar-refractivity contribution in [1.29, 1.82) is 0 Å². The number of allylic oxidation sites excluding steroid dienone is 1. The zero-order valence-corrected chi connectivity index (χ0v) is 9.64. The third kappa shape index (κ3) is 1.75. The van der Waals surface area contributed by atoms with Crippen LogP contribution in [-0.4, -0.2) is 11.2 Å². The summed E-state index contributed by atoms with van der Waals surface area (Å²) < 4.78 is 0. The van der Waals surface area contributed by atoms with Gasteiger partial charge in [0, 0.05) is 0 Å². The lowest BCUT2D eigenvalue weighted by Gasteiger charge is -2.41. The van der Waals surface area contributed by atoms with Gasteiger partial charge in [0.1, 0.15) is 0 Å². The van der Waals surface area contributed by atoms with E-state index in [1.54, 1.807) is 11.1 Å². The highest BCUT2D eigenvalue weighted by molar-refractivity contribution is 5.27. The third-order valence-electron chi connectivity index (χ3n) is 3.95. The number of hydrogen-bond acceptors (Lipinski definition) is 1. The van der Waals surface area contributed by atoms with Gasteiger partial charge in [-0.2, -0.15) is 0 Å². The summed E-state index contributed by atoms with van der Waals surface area (Å²) in [7, 11) is 0. The highest BCUT2D eigenvalue weighted by atomic mass is 16.3. The van der Waals surface area contributed by atoms with Crippen LogP contribution in [0.2, 0.25) is 0 Å². The van der Waals surface area contributed by atoms with Gasteiger partial charge in [0.15, 0.2) is 0 Å². The number of aliphatic hydroxyl groups is 1. The van der Waals surface area contributed by atoms with E-state index in [0.29, 0.717) is 0 Å². The maximum absolute atomic E-state index is 9.84. The summed E-state index contributed by atoms with van der Waals surface area (Å²) in [5.74, 6) is 0.829. The van der Waals surface area contributed by atoms with Gasteiger partial charge in [0.05, 0.1) is 6.10 Å². The Hall–Kier alpha value is -0.300. The Morgan fingerprint density at radius 2 is 2.00 bits per heavy atom. The lowest BCUT2D eigenvalue weighted by molar-refractivity contribution is 0.107. The van der Waals surface area contributed by atoms with Crippen molar-refractivity contribution in [2.75, 3.05) is 0 Å². The fraction of sp³-hybridized carbons (Fsp3) is 0.846. The number of hydrogen-bond donors (Lipinski definition) is 1. The van der Waals surface area contributed by atoms with Crippen molar-refractivity contribution in [1.82, 2.24) is 0 Å². The molecular formula is C13H22O. The van der Waals surface area contributed by atoms with Crippen LogP contribution in [0.15, 0.2) is 11.1 Å². The minimum absolute atomic E-state index is 0.0888. The van der Waals surface area contributed by atoms with Crippen molar-refractivity contribution in [2.45, 2.75) is 59.0 Å². The molecule has 0 saturated heterocycles. The van der Waals surface area contributed by atoms with Crippen molar-refractivity contribution in [3.05, 3.63) is 11.1 Å². The summed E-state index contributed by atoms with van der Waals surface area (Å²) >= 11 is 0. The van der Waals surface area contributed by atoms with E-state index >= 15 is 0 Å². The predicted octanol–water partition coefficient (Wildman–Crippen LogP) is 3.28. The van der Waals surface area contributed by atoms with Crippen LogP contribution in [0.4, 0.5) is 0 Å². The van der Waals surface area contributed by atoms with Gasteiger partial charge < -0.3 is 5.11 Å². The highest BCUT2D eigenvalue weighted by Crippen LogP contribution is 2.47. The molecular weight excluding hydrogens is 172 g/mol. The van der Waals surface area contributed by atoms with Gasteiger partial charge in [-0.3, -0.25) is 0 Å². The van der Waals surface area contributed by atoms with Crippen LogP contribution < -0.4 is 0 Å². The average Bonchev–Trinajstić information content (AvgIpc) is 2.00. The van der Waals surface area contributed by atoms with E-state index in [9.17, 15) is 5.11 Å². The second-order valence-corrected chi connectivity index (χ2v) is 5.88. The fourth-order valence-electron chi connectivity index (χ4n) is 3.31. The van der Waals surface area contributed by atoms with E-state index in [1.807, 2.05) is 0 Å². The summed E-state index contributed by atoms with van der Waals surface area (Å²) in [5, 5.41) is 9.84. The van der Waals surface area contributed by atoms with Gasteiger partial charge in [-0.05, 0) is 43.4 Å². The smallest absolute Gasteiger partial charge is 0.0585 e. The summed E-state index contributed by atoms with van der Waals surface area (Å²) in [6.07, 6.45) is 5.67. The van der Waals surface area contributed by atoms with E-state index in [4.69, 9.17) is 0 Å². The molecule has 0 fully saturated rings. The standard InChI is InChI=1S/C13H22O/c1-9-4-5-12-10(6-9)7-11(14)8-13(12,2)3/h9,11,14H,4-8H2,1-3H3/t9-,11?/m1/s1. The Morgan fingerprint density at radius 3 is 2.71 bits per heavy atom. The normalized spacial score (nSPS) is 36.9. The van der Waals surface area contributed by atoms with Gasteiger partial charge in [-0.15, -0.1) is 0 Å². The second kappa shape index (κ2) is 3.37. The predicted molar refractivity (Wildman–Crippen MR) is 59.1 cm³/mol. The molecule has 14 heavy (non-hydrogen) atoms. The Morgan fingerprint density at radius 1 is 1.29 bits per heavy atom. The van der Waals surface area contributed by atoms with Gasteiger partial charge in [-0.25, -0.2) is 0 Å². The first-order valence-corrected chi connectivity index (χ1v) is 5.88. The molecule has 0 bridgehead atoms. The van der Waals surface area contributed by atoms with E-state index in [0.717, 1.165) is 18.8 Å². The average molecular weight is 194 g/mol. The maximum Gasteiger partial charge on any atom is 0.0585 e. The first-order chi connectivity index (χ1) is 6.49. The topological polar surface area (TPSA) is 20.2 Å². The van der Waals surface area contributed by atoms with Crippen molar-refractivity contribution in [3.8, 4) is 0 Å². The maximum atomic E-state index is 9.84. The molecule has 1 heteroatoms. The molecule has 2 atom stereocenters. The zero-order valence-electron chi connectivity index (χ0n) is 9.64. The minimum atomic E-state index is -0.0888. The molecule has 0 aliphatic heterocycles. The van der Waals surface area contributed by atoms with Crippen molar-refractivity contribution < 1.29 is 5.11 Å². The molecule has 1 nitrogen and oxygen atoms in total. The van der Waals surface area contributed by atoms with Gasteiger partial charge in [-0.1, -0.05) is 31.9 Å². The van der Waals surface area contributed by atoms with Gasteiger partial charge >= 0.3 is 0 Å². The molecule has 1 N–H and O–H groups in total. The molecule has 2 aliphatic carbocycles. The second-order valence-electron chi connectivity index (χ2n) is 5.88. The molecule has 0 aromatic carbocycles. The monoisotopic (exact) mass is 194 g/mol. The molecule has 0 aromatic rings. The van der Waals surface area contributed by atoms with E-state index < -0.39 is 0 Å². The highest BCUT2D eigenvalue weighted by Gasteiger charge is 2.35. The van der Waals surface area contributed by atoms with Crippen LogP contribution >= 0.6 is 0 Å². The van der Waals surface area contributed by atoms with Crippen LogP contribution in [0.3, 0.4) is 0 Å². The van der Waals surface area contributed by atoms with Crippen LogP contribution in [0.25, 0.3) is 0 Å².